The predicted molar refractivity (Wildman–Crippen MR) is 68.2 cm³/mol. The van der Waals surface area contributed by atoms with E-state index in [9.17, 15) is 8.42 Å². The van der Waals surface area contributed by atoms with E-state index in [0.717, 1.165) is 5.01 Å². The van der Waals surface area contributed by atoms with Crippen molar-refractivity contribution < 1.29 is 13.5 Å². The summed E-state index contributed by atoms with van der Waals surface area (Å²) in [6, 6.07) is 5.26. The minimum absolute atomic E-state index is 0.0122. The number of nitrogens with zero attached hydrogens (tertiary/aromatic N) is 2. The van der Waals surface area contributed by atoms with Crippen molar-refractivity contribution in [3.8, 4) is 5.75 Å². The lowest BCUT2D eigenvalue weighted by atomic mass is 10.3. The van der Waals surface area contributed by atoms with Gasteiger partial charge in [0.1, 0.15) is 10.8 Å². The molecule has 1 aromatic carbocycles. The van der Waals surface area contributed by atoms with Gasteiger partial charge in [0.15, 0.2) is 0 Å². The summed E-state index contributed by atoms with van der Waals surface area (Å²) in [5.74, 6) is 0.0122. The number of benzene rings is 1. The van der Waals surface area contributed by atoms with Gasteiger partial charge >= 0.3 is 0 Å². The summed E-state index contributed by atoms with van der Waals surface area (Å²) in [4.78, 5) is 0.0635. The van der Waals surface area contributed by atoms with Crippen molar-refractivity contribution in [2.75, 3.05) is 4.72 Å². The normalized spacial score (nSPS) is 11.4. The van der Waals surface area contributed by atoms with Crippen molar-refractivity contribution >= 4 is 26.5 Å². The maximum atomic E-state index is 12.0. The topological polar surface area (TPSA) is 92.2 Å². The molecule has 0 amide bonds. The molecular formula is C10H11N3O3S2. The van der Waals surface area contributed by atoms with Crippen LogP contribution in [0, 0.1) is 0 Å². The highest BCUT2D eigenvalue weighted by atomic mass is 32.2. The van der Waals surface area contributed by atoms with Crippen molar-refractivity contribution in [1.82, 2.24) is 10.2 Å². The molecule has 0 aliphatic rings. The fraction of sp³-hybridized carbons (Fsp3) is 0.200. The summed E-state index contributed by atoms with van der Waals surface area (Å²) in [5, 5.41) is 17.7. The number of sulfonamides is 1. The van der Waals surface area contributed by atoms with Gasteiger partial charge in [0.25, 0.3) is 10.0 Å². The zero-order chi connectivity index (χ0) is 13.2. The molecule has 6 nitrogen and oxygen atoms in total. The number of phenols is 1. The molecule has 8 heteroatoms. The van der Waals surface area contributed by atoms with Crippen LogP contribution < -0.4 is 4.72 Å². The molecular weight excluding hydrogens is 274 g/mol. The lowest BCUT2D eigenvalue weighted by Crippen LogP contribution is -2.12. The molecule has 0 spiro atoms. The quantitative estimate of drug-likeness (QED) is 0.890. The van der Waals surface area contributed by atoms with Crippen molar-refractivity contribution in [3.63, 3.8) is 0 Å². The lowest BCUT2D eigenvalue weighted by Gasteiger charge is -2.04. The zero-order valence-corrected chi connectivity index (χ0v) is 11.1. The van der Waals surface area contributed by atoms with E-state index in [4.69, 9.17) is 5.11 Å². The van der Waals surface area contributed by atoms with Gasteiger partial charge in [-0.2, -0.15) is 0 Å². The number of hydrogen-bond acceptors (Lipinski definition) is 6. The van der Waals surface area contributed by atoms with Crippen LogP contribution >= 0.6 is 11.3 Å². The van der Waals surface area contributed by atoms with Crippen LogP contribution in [0.25, 0.3) is 0 Å². The fourth-order valence-corrected chi connectivity index (χ4v) is 3.15. The first-order valence-electron chi connectivity index (χ1n) is 5.15. The number of hydrogen-bond donors (Lipinski definition) is 2. The van der Waals surface area contributed by atoms with Crippen LogP contribution in [0.2, 0.25) is 0 Å². The molecule has 96 valence electrons. The van der Waals surface area contributed by atoms with Crippen molar-refractivity contribution in [3.05, 3.63) is 29.3 Å². The number of rotatable bonds is 4. The minimum atomic E-state index is -3.68. The van der Waals surface area contributed by atoms with Gasteiger partial charge in [-0.25, -0.2) is 8.42 Å². The third-order valence-corrected chi connectivity index (χ3v) is 4.61. The number of aromatic hydroxyl groups is 1. The first-order valence-corrected chi connectivity index (χ1v) is 7.45. The summed E-state index contributed by atoms with van der Waals surface area (Å²) in [7, 11) is -3.68. The number of anilines is 1. The molecule has 0 saturated heterocycles. The summed E-state index contributed by atoms with van der Waals surface area (Å²) >= 11 is 1.20. The number of phenolic OH excluding ortho intramolecular Hbond substituents is 1. The Labute approximate surface area is 108 Å². The number of aromatic nitrogens is 2. The molecule has 1 heterocycles. The molecule has 0 fully saturated rings. The molecule has 0 atom stereocenters. The highest BCUT2D eigenvalue weighted by Gasteiger charge is 2.16. The van der Waals surface area contributed by atoms with Crippen molar-refractivity contribution in [2.45, 2.75) is 18.2 Å². The van der Waals surface area contributed by atoms with E-state index in [1.165, 1.54) is 35.6 Å². The average Bonchev–Trinajstić information content (AvgIpc) is 2.76. The molecule has 0 saturated carbocycles. The van der Waals surface area contributed by atoms with E-state index >= 15 is 0 Å². The number of aryl methyl sites for hydroxylation is 1. The lowest BCUT2D eigenvalue weighted by molar-refractivity contribution is 0.475. The minimum Gasteiger partial charge on any atom is -0.508 e. The van der Waals surface area contributed by atoms with Gasteiger partial charge in [-0.1, -0.05) is 18.3 Å². The maximum absolute atomic E-state index is 12.0. The molecule has 1 aromatic heterocycles. The molecule has 2 N–H and O–H groups in total. The molecule has 0 unspecified atom stereocenters. The standard InChI is InChI=1S/C10H11N3O3S2/c1-2-9-11-12-10(17-9)13-18(15,16)8-5-3-7(14)4-6-8/h3-6,14H,2H2,1H3,(H,12,13). The van der Waals surface area contributed by atoms with Gasteiger partial charge in [0.2, 0.25) is 5.13 Å². The average molecular weight is 285 g/mol. The Morgan fingerprint density at radius 1 is 1.28 bits per heavy atom. The Bertz CT molecular complexity index is 635. The largest absolute Gasteiger partial charge is 0.508 e. The van der Waals surface area contributed by atoms with Gasteiger partial charge in [-0.05, 0) is 30.7 Å². The van der Waals surface area contributed by atoms with Crippen LogP contribution in [0.5, 0.6) is 5.75 Å². The second-order valence-corrected chi connectivity index (χ2v) is 6.20. The van der Waals surface area contributed by atoms with E-state index in [1.807, 2.05) is 6.92 Å². The van der Waals surface area contributed by atoms with Crippen LogP contribution in [0.15, 0.2) is 29.2 Å². The van der Waals surface area contributed by atoms with Crippen LogP contribution in [-0.4, -0.2) is 23.7 Å². The van der Waals surface area contributed by atoms with E-state index in [2.05, 4.69) is 14.9 Å². The van der Waals surface area contributed by atoms with Gasteiger partial charge in [-0.15, -0.1) is 10.2 Å². The van der Waals surface area contributed by atoms with Crippen LogP contribution in [0.4, 0.5) is 5.13 Å². The molecule has 2 aromatic rings. The van der Waals surface area contributed by atoms with Crippen molar-refractivity contribution in [2.24, 2.45) is 0 Å². The Morgan fingerprint density at radius 2 is 1.94 bits per heavy atom. The van der Waals surface area contributed by atoms with Gasteiger partial charge < -0.3 is 5.11 Å². The monoisotopic (exact) mass is 285 g/mol. The smallest absolute Gasteiger partial charge is 0.263 e. The predicted octanol–water partition coefficient (Wildman–Crippen LogP) is 1.61. The molecule has 0 aliphatic heterocycles. The summed E-state index contributed by atoms with van der Waals surface area (Å²) in [6.07, 6.45) is 0.707. The summed E-state index contributed by atoms with van der Waals surface area (Å²) in [6.45, 7) is 1.92. The van der Waals surface area contributed by atoms with E-state index in [0.29, 0.717) is 6.42 Å². The zero-order valence-electron chi connectivity index (χ0n) is 9.49. The highest BCUT2D eigenvalue weighted by Crippen LogP contribution is 2.21. The van der Waals surface area contributed by atoms with Crippen LogP contribution in [-0.2, 0) is 16.4 Å². The fourth-order valence-electron chi connectivity index (χ4n) is 1.24. The van der Waals surface area contributed by atoms with Gasteiger partial charge in [-0.3, -0.25) is 4.72 Å². The molecule has 2 rings (SSSR count). The van der Waals surface area contributed by atoms with E-state index in [1.54, 1.807) is 0 Å². The van der Waals surface area contributed by atoms with E-state index in [-0.39, 0.29) is 15.8 Å². The first-order chi connectivity index (χ1) is 8.51. The molecule has 0 aliphatic carbocycles. The molecule has 18 heavy (non-hydrogen) atoms. The number of nitrogens with one attached hydrogen (secondary N) is 1. The first kappa shape index (κ1) is 12.8. The Balaban J connectivity index is 2.24. The van der Waals surface area contributed by atoms with Crippen LogP contribution in [0.1, 0.15) is 11.9 Å². The van der Waals surface area contributed by atoms with Crippen LogP contribution in [0.3, 0.4) is 0 Å². The summed E-state index contributed by atoms with van der Waals surface area (Å²) < 4.78 is 26.3. The SMILES string of the molecule is CCc1nnc(NS(=O)(=O)c2ccc(O)cc2)s1. The van der Waals surface area contributed by atoms with Gasteiger partial charge in [0, 0.05) is 0 Å². The Hall–Kier alpha value is -1.67. The van der Waals surface area contributed by atoms with Crippen molar-refractivity contribution in [1.29, 1.82) is 0 Å². The molecule has 0 radical (unpaired) electrons. The Morgan fingerprint density at radius 3 is 2.50 bits per heavy atom. The highest BCUT2D eigenvalue weighted by molar-refractivity contribution is 7.93. The second-order valence-electron chi connectivity index (χ2n) is 3.45. The third-order valence-electron chi connectivity index (χ3n) is 2.14. The third kappa shape index (κ3) is 2.77. The molecule has 0 bridgehead atoms. The second kappa shape index (κ2) is 4.91. The van der Waals surface area contributed by atoms with Gasteiger partial charge in [0.05, 0.1) is 4.90 Å². The van der Waals surface area contributed by atoms with E-state index < -0.39 is 10.0 Å². The summed E-state index contributed by atoms with van der Waals surface area (Å²) in [5.41, 5.74) is 0. The maximum Gasteiger partial charge on any atom is 0.263 e. The Kier molecular flexibility index (Phi) is 3.48.